The number of carbonyl (C=O) groups excluding carboxylic acids is 3. The molecular formula is C19H26N2O4. The summed E-state index contributed by atoms with van der Waals surface area (Å²) in [7, 11) is 1.32. The summed E-state index contributed by atoms with van der Waals surface area (Å²) in [4.78, 5) is 37.7. The van der Waals surface area contributed by atoms with Crippen LogP contribution >= 0.6 is 0 Å². The zero-order chi connectivity index (χ0) is 18.4. The minimum Gasteiger partial charge on any atom is -0.467 e. The lowest BCUT2D eigenvalue weighted by Gasteiger charge is -2.18. The topological polar surface area (TPSA) is 75.7 Å². The summed E-state index contributed by atoms with van der Waals surface area (Å²) in [5.74, 6) is -0.313. The highest BCUT2D eigenvalue weighted by atomic mass is 16.5. The van der Waals surface area contributed by atoms with Crippen LogP contribution in [0.1, 0.15) is 49.0 Å². The first-order valence-electron chi connectivity index (χ1n) is 8.66. The number of methoxy groups -OCH3 is 1. The minimum absolute atomic E-state index is 0.177. The molecule has 0 bridgehead atoms. The van der Waals surface area contributed by atoms with E-state index in [1.165, 1.54) is 7.11 Å². The summed E-state index contributed by atoms with van der Waals surface area (Å²) in [5, 5.41) is 2.74. The van der Waals surface area contributed by atoms with Crippen molar-refractivity contribution in [1.29, 1.82) is 0 Å². The van der Waals surface area contributed by atoms with Crippen molar-refractivity contribution < 1.29 is 19.1 Å². The predicted octanol–water partition coefficient (Wildman–Crippen LogP) is 2.13. The van der Waals surface area contributed by atoms with E-state index in [0.29, 0.717) is 24.9 Å². The molecule has 0 aliphatic carbocycles. The summed E-state index contributed by atoms with van der Waals surface area (Å²) in [6.07, 6.45) is 2.04. The summed E-state index contributed by atoms with van der Waals surface area (Å²) in [6.45, 7) is 5.32. The van der Waals surface area contributed by atoms with Gasteiger partial charge >= 0.3 is 5.97 Å². The van der Waals surface area contributed by atoms with Gasteiger partial charge in [-0.1, -0.05) is 26.0 Å². The second-order valence-electron chi connectivity index (χ2n) is 6.79. The number of hydrogen-bond donors (Lipinski definition) is 1. The van der Waals surface area contributed by atoms with Gasteiger partial charge in [-0.2, -0.15) is 0 Å². The van der Waals surface area contributed by atoms with Crippen LogP contribution in [0.25, 0.3) is 0 Å². The third-order valence-electron chi connectivity index (χ3n) is 4.26. The third-order valence-corrected chi connectivity index (χ3v) is 4.26. The number of ether oxygens (including phenoxy) is 1. The summed E-state index contributed by atoms with van der Waals surface area (Å²) in [5.41, 5.74) is 1.47. The van der Waals surface area contributed by atoms with E-state index in [1.54, 1.807) is 12.1 Å². The number of rotatable bonds is 7. The maximum absolute atomic E-state index is 12.4. The lowest BCUT2D eigenvalue weighted by molar-refractivity contribution is -0.143. The molecule has 0 aromatic heterocycles. The van der Waals surface area contributed by atoms with Gasteiger partial charge in [-0.05, 0) is 36.5 Å². The van der Waals surface area contributed by atoms with Crippen LogP contribution in [0.5, 0.6) is 0 Å². The average molecular weight is 346 g/mol. The van der Waals surface area contributed by atoms with Gasteiger partial charge in [0.25, 0.3) is 5.91 Å². The number of hydrogen-bond acceptors (Lipinski definition) is 4. The lowest BCUT2D eigenvalue weighted by Crippen LogP contribution is -2.42. The second kappa shape index (κ2) is 8.65. The normalized spacial score (nSPS) is 15.4. The Hall–Kier alpha value is -2.37. The van der Waals surface area contributed by atoms with Gasteiger partial charge in [0.15, 0.2) is 0 Å². The maximum atomic E-state index is 12.4. The van der Waals surface area contributed by atoms with E-state index < -0.39 is 12.0 Å². The molecule has 6 nitrogen and oxygen atoms in total. The summed E-state index contributed by atoms with van der Waals surface area (Å²) in [6, 6.07) is 6.47. The number of carbonyl (C=O) groups is 3. The van der Waals surface area contributed by atoms with Crippen molar-refractivity contribution in [2.45, 2.75) is 45.7 Å². The molecule has 1 aromatic rings. The number of amides is 2. The van der Waals surface area contributed by atoms with E-state index in [9.17, 15) is 14.4 Å². The fourth-order valence-electron chi connectivity index (χ4n) is 2.92. The maximum Gasteiger partial charge on any atom is 0.328 e. The number of nitrogens with zero attached hydrogens (tertiary/aromatic N) is 1. The Morgan fingerprint density at radius 3 is 2.44 bits per heavy atom. The largest absolute Gasteiger partial charge is 0.467 e. The highest BCUT2D eigenvalue weighted by molar-refractivity contribution is 5.96. The Morgan fingerprint density at radius 2 is 1.92 bits per heavy atom. The Morgan fingerprint density at radius 1 is 1.24 bits per heavy atom. The van der Waals surface area contributed by atoms with Crippen molar-refractivity contribution >= 4 is 17.8 Å². The Labute approximate surface area is 148 Å². The second-order valence-corrected chi connectivity index (χ2v) is 6.79. The fraction of sp³-hybridized carbons (Fsp3) is 0.526. The van der Waals surface area contributed by atoms with Crippen LogP contribution in [0.2, 0.25) is 0 Å². The quantitative estimate of drug-likeness (QED) is 0.768. The van der Waals surface area contributed by atoms with E-state index in [-0.39, 0.29) is 17.7 Å². The molecule has 136 valence electrons. The van der Waals surface area contributed by atoms with E-state index >= 15 is 0 Å². The molecule has 2 amide bonds. The monoisotopic (exact) mass is 346 g/mol. The van der Waals surface area contributed by atoms with E-state index in [1.807, 2.05) is 30.9 Å². The number of nitrogens with one attached hydrogen (secondary N) is 1. The molecule has 0 spiro atoms. The van der Waals surface area contributed by atoms with Crippen molar-refractivity contribution in [3.05, 3.63) is 35.4 Å². The molecule has 1 N–H and O–H groups in total. The van der Waals surface area contributed by atoms with E-state index in [4.69, 9.17) is 4.74 Å². The SMILES string of the molecule is COC(=O)C(CC(C)C)NC(=O)c1ccc(CN2CCCC2=O)cc1. The minimum atomic E-state index is -0.653. The molecule has 1 unspecified atom stereocenters. The first-order valence-corrected chi connectivity index (χ1v) is 8.66. The van der Waals surface area contributed by atoms with Crippen molar-refractivity contribution in [3.63, 3.8) is 0 Å². The van der Waals surface area contributed by atoms with Crippen molar-refractivity contribution in [1.82, 2.24) is 10.2 Å². The highest BCUT2D eigenvalue weighted by Gasteiger charge is 2.23. The van der Waals surface area contributed by atoms with Crippen molar-refractivity contribution in [3.8, 4) is 0 Å². The summed E-state index contributed by atoms with van der Waals surface area (Å²) < 4.78 is 4.76. The number of benzene rings is 1. The van der Waals surface area contributed by atoms with Crippen LogP contribution in [-0.4, -0.2) is 42.4 Å². The third kappa shape index (κ3) is 5.31. The number of likely N-dealkylation sites (tertiary alicyclic amines) is 1. The Kier molecular flexibility index (Phi) is 6.56. The summed E-state index contributed by atoms with van der Waals surface area (Å²) >= 11 is 0. The lowest BCUT2D eigenvalue weighted by atomic mass is 10.0. The van der Waals surface area contributed by atoms with Gasteiger partial charge < -0.3 is 15.0 Å². The van der Waals surface area contributed by atoms with Gasteiger partial charge in [-0.15, -0.1) is 0 Å². The Balaban J connectivity index is 1.98. The molecule has 1 fully saturated rings. The molecule has 1 aliphatic rings. The highest BCUT2D eigenvalue weighted by Crippen LogP contribution is 2.15. The average Bonchev–Trinajstić information content (AvgIpc) is 2.98. The Bertz CT molecular complexity index is 625. The van der Waals surface area contributed by atoms with Gasteiger partial charge in [-0.3, -0.25) is 9.59 Å². The van der Waals surface area contributed by atoms with Gasteiger partial charge in [0, 0.05) is 25.1 Å². The molecule has 6 heteroatoms. The van der Waals surface area contributed by atoms with Crippen molar-refractivity contribution in [2.24, 2.45) is 5.92 Å². The molecule has 0 radical (unpaired) electrons. The zero-order valence-corrected chi connectivity index (χ0v) is 15.1. The van der Waals surface area contributed by atoms with Crippen LogP contribution < -0.4 is 5.32 Å². The first kappa shape index (κ1) is 19.0. The smallest absolute Gasteiger partial charge is 0.328 e. The molecule has 0 saturated carbocycles. The van der Waals surface area contributed by atoms with Crippen LogP contribution in [0, 0.1) is 5.92 Å². The van der Waals surface area contributed by atoms with E-state index in [0.717, 1.165) is 18.5 Å². The predicted molar refractivity (Wildman–Crippen MR) is 93.8 cm³/mol. The molecule has 1 saturated heterocycles. The fourth-order valence-corrected chi connectivity index (χ4v) is 2.92. The molecular weight excluding hydrogens is 320 g/mol. The van der Waals surface area contributed by atoms with Gasteiger partial charge in [0.1, 0.15) is 6.04 Å². The number of esters is 1. The molecule has 2 rings (SSSR count). The molecule has 1 aliphatic heterocycles. The van der Waals surface area contributed by atoms with Gasteiger partial charge in [0.2, 0.25) is 5.91 Å². The van der Waals surface area contributed by atoms with Crippen LogP contribution in [0.4, 0.5) is 0 Å². The van der Waals surface area contributed by atoms with Gasteiger partial charge in [-0.25, -0.2) is 4.79 Å². The molecule has 1 atom stereocenters. The molecule has 25 heavy (non-hydrogen) atoms. The first-order chi connectivity index (χ1) is 11.9. The van der Waals surface area contributed by atoms with Gasteiger partial charge in [0.05, 0.1) is 7.11 Å². The van der Waals surface area contributed by atoms with Crippen LogP contribution in [0.15, 0.2) is 24.3 Å². The standard InChI is InChI=1S/C19H26N2O4/c1-13(2)11-16(19(24)25-3)20-18(23)15-8-6-14(7-9-15)12-21-10-4-5-17(21)22/h6-9,13,16H,4-5,10-12H2,1-3H3,(H,20,23). The van der Waals surface area contributed by atoms with Crippen LogP contribution in [-0.2, 0) is 20.9 Å². The zero-order valence-electron chi connectivity index (χ0n) is 15.1. The molecule has 1 aromatic carbocycles. The van der Waals surface area contributed by atoms with Crippen molar-refractivity contribution in [2.75, 3.05) is 13.7 Å². The molecule has 1 heterocycles. The van der Waals surface area contributed by atoms with Crippen LogP contribution in [0.3, 0.4) is 0 Å². The van der Waals surface area contributed by atoms with E-state index in [2.05, 4.69) is 5.32 Å².